The summed E-state index contributed by atoms with van der Waals surface area (Å²) in [5, 5.41) is 6.97. The monoisotopic (exact) mass is 254 g/mol. The Kier molecular flexibility index (Phi) is 5.60. The number of rotatable bonds is 7. The van der Waals surface area contributed by atoms with Crippen LogP contribution in [0.1, 0.15) is 24.1 Å². The molecule has 0 spiro atoms. The van der Waals surface area contributed by atoms with Gasteiger partial charge in [-0.05, 0) is 17.7 Å². The Morgan fingerprint density at radius 3 is 1.79 bits per heavy atom. The molecule has 2 nitrogen and oxygen atoms in total. The molecule has 0 aliphatic heterocycles. The van der Waals surface area contributed by atoms with Gasteiger partial charge in [0, 0.05) is 13.1 Å². The minimum absolute atomic E-state index is 0.265. The van der Waals surface area contributed by atoms with E-state index < -0.39 is 0 Å². The molecular formula is C17H22N2. The molecule has 2 aromatic rings. The molecule has 2 N–H and O–H groups in total. The van der Waals surface area contributed by atoms with Crippen LogP contribution in [0.15, 0.2) is 60.7 Å². The average Bonchev–Trinajstić information content (AvgIpc) is 2.49. The highest BCUT2D eigenvalue weighted by Gasteiger charge is 2.11. The van der Waals surface area contributed by atoms with E-state index >= 15 is 0 Å². The summed E-state index contributed by atoms with van der Waals surface area (Å²) in [6, 6.07) is 21.5. The Bertz CT molecular complexity index is 414. The van der Waals surface area contributed by atoms with Crippen LogP contribution in [0.2, 0.25) is 0 Å². The maximum Gasteiger partial charge on any atom is 0.0577 e. The third-order valence-electron chi connectivity index (χ3n) is 3.17. The smallest absolute Gasteiger partial charge is 0.0577 e. The van der Waals surface area contributed by atoms with Gasteiger partial charge >= 0.3 is 0 Å². The van der Waals surface area contributed by atoms with Crippen LogP contribution in [0.4, 0.5) is 0 Å². The van der Waals surface area contributed by atoms with Gasteiger partial charge in [-0.3, -0.25) is 0 Å². The van der Waals surface area contributed by atoms with E-state index in [9.17, 15) is 0 Å². The Balaban J connectivity index is 2.10. The Labute approximate surface area is 115 Å². The summed E-state index contributed by atoms with van der Waals surface area (Å²) in [4.78, 5) is 0. The molecule has 0 saturated heterocycles. The zero-order chi connectivity index (χ0) is 13.3. The van der Waals surface area contributed by atoms with Crippen LogP contribution in [0.25, 0.3) is 0 Å². The van der Waals surface area contributed by atoms with E-state index in [-0.39, 0.29) is 6.04 Å². The van der Waals surface area contributed by atoms with E-state index in [1.807, 2.05) is 0 Å². The molecule has 0 aliphatic rings. The Morgan fingerprint density at radius 1 is 0.789 bits per heavy atom. The second kappa shape index (κ2) is 7.72. The maximum absolute atomic E-state index is 3.62. The lowest BCUT2D eigenvalue weighted by atomic mass is 9.99. The molecule has 2 heteroatoms. The predicted octanol–water partition coefficient (Wildman–Crippen LogP) is 2.98. The van der Waals surface area contributed by atoms with Crippen molar-refractivity contribution in [1.29, 1.82) is 0 Å². The van der Waals surface area contributed by atoms with E-state index in [0.717, 1.165) is 19.6 Å². The van der Waals surface area contributed by atoms with Crippen molar-refractivity contribution in [3.8, 4) is 0 Å². The minimum atomic E-state index is 0.265. The summed E-state index contributed by atoms with van der Waals surface area (Å²) in [7, 11) is 0. The standard InChI is InChI=1S/C17H22N2/c1-2-18-13-14-19-17(15-9-5-3-6-10-15)16-11-7-4-8-12-16/h3-12,17-19H,2,13-14H2,1H3. The molecule has 0 saturated carbocycles. The fourth-order valence-corrected chi connectivity index (χ4v) is 2.20. The van der Waals surface area contributed by atoms with Crippen molar-refractivity contribution < 1.29 is 0 Å². The minimum Gasteiger partial charge on any atom is -0.316 e. The molecule has 0 aromatic heterocycles. The first kappa shape index (κ1) is 13.8. The van der Waals surface area contributed by atoms with Gasteiger partial charge in [-0.2, -0.15) is 0 Å². The molecule has 100 valence electrons. The van der Waals surface area contributed by atoms with Crippen LogP contribution < -0.4 is 10.6 Å². The summed E-state index contributed by atoms with van der Waals surface area (Å²) < 4.78 is 0. The van der Waals surface area contributed by atoms with Crippen molar-refractivity contribution in [2.45, 2.75) is 13.0 Å². The van der Waals surface area contributed by atoms with Crippen molar-refractivity contribution in [1.82, 2.24) is 10.6 Å². The fraction of sp³-hybridized carbons (Fsp3) is 0.294. The van der Waals surface area contributed by atoms with Gasteiger partial charge in [0.2, 0.25) is 0 Å². The first-order chi connectivity index (χ1) is 9.42. The number of nitrogens with one attached hydrogen (secondary N) is 2. The predicted molar refractivity (Wildman–Crippen MR) is 81.3 cm³/mol. The van der Waals surface area contributed by atoms with Crippen LogP contribution >= 0.6 is 0 Å². The van der Waals surface area contributed by atoms with Gasteiger partial charge in [-0.15, -0.1) is 0 Å². The van der Waals surface area contributed by atoms with E-state index in [1.165, 1.54) is 11.1 Å². The van der Waals surface area contributed by atoms with Crippen LogP contribution in [-0.2, 0) is 0 Å². The van der Waals surface area contributed by atoms with E-state index in [2.05, 4.69) is 78.2 Å². The molecule has 0 atom stereocenters. The third-order valence-corrected chi connectivity index (χ3v) is 3.17. The first-order valence-corrected chi connectivity index (χ1v) is 6.96. The van der Waals surface area contributed by atoms with Gasteiger partial charge in [-0.25, -0.2) is 0 Å². The molecule has 2 rings (SSSR count). The topological polar surface area (TPSA) is 24.1 Å². The second-order valence-electron chi connectivity index (χ2n) is 4.56. The lowest BCUT2D eigenvalue weighted by Gasteiger charge is -2.20. The van der Waals surface area contributed by atoms with Crippen LogP contribution in [0, 0.1) is 0 Å². The van der Waals surface area contributed by atoms with Crippen LogP contribution in [0.3, 0.4) is 0 Å². The van der Waals surface area contributed by atoms with Gasteiger partial charge in [0.05, 0.1) is 6.04 Å². The van der Waals surface area contributed by atoms with Gasteiger partial charge < -0.3 is 10.6 Å². The molecule has 0 fully saturated rings. The molecule has 0 radical (unpaired) electrons. The number of benzene rings is 2. The molecule has 0 unspecified atom stereocenters. The Morgan fingerprint density at radius 2 is 1.32 bits per heavy atom. The van der Waals surface area contributed by atoms with Crippen LogP contribution in [0.5, 0.6) is 0 Å². The summed E-state index contributed by atoms with van der Waals surface area (Å²) in [5.74, 6) is 0. The quantitative estimate of drug-likeness (QED) is 0.742. The molecule has 19 heavy (non-hydrogen) atoms. The largest absolute Gasteiger partial charge is 0.316 e. The van der Waals surface area contributed by atoms with Crippen molar-refractivity contribution in [3.05, 3.63) is 71.8 Å². The van der Waals surface area contributed by atoms with Crippen molar-refractivity contribution >= 4 is 0 Å². The second-order valence-corrected chi connectivity index (χ2v) is 4.56. The molecule has 0 amide bonds. The van der Waals surface area contributed by atoms with Crippen LogP contribution in [-0.4, -0.2) is 19.6 Å². The highest BCUT2D eigenvalue weighted by atomic mass is 15.0. The van der Waals surface area contributed by atoms with Gasteiger partial charge in [0.25, 0.3) is 0 Å². The van der Waals surface area contributed by atoms with Crippen molar-refractivity contribution in [2.24, 2.45) is 0 Å². The average molecular weight is 254 g/mol. The van der Waals surface area contributed by atoms with E-state index in [4.69, 9.17) is 0 Å². The summed E-state index contributed by atoms with van der Waals surface area (Å²) in [6.45, 7) is 5.10. The highest BCUT2D eigenvalue weighted by Crippen LogP contribution is 2.21. The summed E-state index contributed by atoms with van der Waals surface area (Å²) in [5.41, 5.74) is 2.62. The summed E-state index contributed by atoms with van der Waals surface area (Å²) in [6.07, 6.45) is 0. The number of hydrogen-bond acceptors (Lipinski definition) is 2. The van der Waals surface area contributed by atoms with Gasteiger partial charge in [-0.1, -0.05) is 67.6 Å². The zero-order valence-electron chi connectivity index (χ0n) is 11.5. The van der Waals surface area contributed by atoms with Crippen molar-refractivity contribution in [2.75, 3.05) is 19.6 Å². The molecule has 0 heterocycles. The molecule has 2 aromatic carbocycles. The van der Waals surface area contributed by atoms with Crippen molar-refractivity contribution in [3.63, 3.8) is 0 Å². The lowest BCUT2D eigenvalue weighted by molar-refractivity contribution is 0.574. The third kappa shape index (κ3) is 4.19. The number of likely N-dealkylation sites (N-methyl/N-ethyl adjacent to an activating group) is 1. The zero-order valence-corrected chi connectivity index (χ0v) is 11.5. The molecular weight excluding hydrogens is 232 g/mol. The first-order valence-electron chi connectivity index (χ1n) is 6.96. The molecule has 0 aliphatic carbocycles. The summed E-state index contributed by atoms with van der Waals surface area (Å²) >= 11 is 0. The van der Waals surface area contributed by atoms with E-state index in [1.54, 1.807) is 0 Å². The van der Waals surface area contributed by atoms with Gasteiger partial charge in [0.15, 0.2) is 0 Å². The maximum atomic E-state index is 3.62. The lowest BCUT2D eigenvalue weighted by Crippen LogP contribution is -2.30. The molecule has 0 bridgehead atoms. The Hall–Kier alpha value is -1.64. The highest BCUT2D eigenvalue weighted by molar-refractivity contribution is 5.31. The fourth-order valence-electron chi connectivity index (χ4n) is 2.20. The SMILES string of the molecule is CCNCCNC(c1ccccc1)c1ccccc1. The normalized spacial score (nSPS) is 10.8. The van der Waals surface area contributed by atoms with E-state index in [0.29, 0.717) is 0 Å². The number of hydrogen-bond donors (Lipinski definition) is 2. The van der Waals surface area contributed by atoms with Gasteiger partial charge in [0.1, 0.15) is 0 Å².